The highest BCUT2D eigenvalue weighted by molar-refractivity contribution is 8.54. The second-order valence-electron chi connectivity index (χ2n) is 13.7. The Hall–Kier alpha value is -4.47. The number of phosphoric acid groups is 1. The van der Waals surface area contributed by atoms with E-state index in [2.05, 4.69) is 15.0 Å². The highest BCUT2D eigenvalue weighted by Crippen LogP contribution is 2.65. The van der Waals surface area contributed by atoms with Crippen molar-refractivity contribution < 1.29 is 69.5 Å². The van der Waals surface area contributed by atoms with Crippen molar-refractivity contribution in [1.82, 2.24) is 24.4 Å². The maximum Gasteiger partial charge on any atom is 0.472 e. The molecule has 2 aromatic heterocycles. The fourth-order valence-corrected chi connectivity index (χ4v) is 10.9. The van der Waals surface area contributed by atoms with Crippen LogP contribution in [0.2, 0.25) is 0 Å². The van der Waals surface area contributed by atoms with Gasteiger partial charge >= 0.3 is 20.6 Å². The van der Waals surface area contributed by atoms with Gasteiger partial charge in [-0.15, -0.1) is 0 Å². The topological polar surface area (TPSA) is 243 Å². The molecule has 24 heteroatoms. The lowest BCUT2D eigenvalue weighted by Crippen LogP contribution is -2.46. The Balaban J connectivity index is 1.09. The molecule has 3 N–H and O–H groups in total. The summed E-state index contributed by atoms with van der Waals surface area (Å²) in [5.74, 6) is -1.85. The Morgan fingerprint density at radius 3 is 2.34 bits per heavy atom. The lowest BCUT2D eigenvalue weighted by molar-refractivity contribution is -0.148. The van der Waals surface area contributed by atoms with E-state index >= 15 is 8.78 Å². The molecule has 4 bridgehead atoms. The van der Waals surface area contributed by atoms with Crippen LogP contribution in [0.1, 0.15) is 34.1 Å². The van der Waals surface area contributed by atoms with Crippen LogP contribution in [0.15, 0.2) is 73.5 Å². The van der Waals surface area contributed by atoms with Crippen molar-refractivity contribution in [2.75, 3.05) is 18.9 Å². The van der Waals surface area contributed by atoms with Crippen LogP contribution in [0.25, 0.3) is 11.2 Å². The van der Waals surface area contributed by atoms with E-state index in [0.29, 0.717) is 22.5 Å². The number of nitrogen functional groups attached to an aromatic ring is 1. The predicted molar refractivity (Wildman–Crippen MR) is 201 cm³/mol. The molecule has 312 valence electrons. The number of carbonyl (C=O) groups excluding carboxylic acids is 3. The molecule has 4 aliphatic heterocycles. The highest BCUT2D eigenvalue weighted by atomic mass is 32.7. The molecule has 2 aromatic carbocycles. The molecule has 0 spiro atoms. The molecule has 1 amide bonds. The van der Waals surface area contributed by atoms with Gasteiger partial charge in [0.2, 0.25) is 5.91 Å². The van der Waals surface area contributed by atoms with Crippen LogP contribution in [0, 0.1) is 6.92 Å². The first-order valence-corrected chi connectivity index (χ1v) is 22.5. The molecular formula is C35H34F2N6O13P2S. The maximum absolute atomic E-state index is 16.6. The number of benzene rings is 2. The first kappa shape index (κ1) is 41.3. The van der Waals surface area contributed by atoms with E-state index in [1.165, 1.54) is 23.0 Å². The number of hydrogen-bond acceptors (Lipinski definition) is 17. The summed E-state index contributed by atoms with van der Waals surface area (Å²) in [6, 6.07) is 13.0. The third-order valence-corrected chi connectivity index (χ3v) is 14.3. The van der Waals surface area contributed by atoms with Crippen molar-refractivity contribution >= 4 is 60.6 Å². The summed E-state index contributed by atoms with van der Waals surface area (Å²) in [4.78, 5) is 61.1. The summed E-state index contributed by atoms with van der Waals surface area (Å²) in [6.45, 7) is -4.59. The number of ether oxygens (including phenoxy) is 3. The molecule has 4 aliphatic rings. The molecule has 19 nitrogen and oxygen atoms in total. The number of hydrogen-bond donors (Lipinski definition) is 2. The first-order valence-electron chi connectivity index (χ1n) is 17.8. The molecule has 10 atom stereocenters. The number of aromatic nitrogens is 4. The summed E-state index contributed by atoms with van der Waals surface area (Å²) < 4.78 is 101. The van der Waals surface area contributed by atoms with E-state index in [-0.39, 0.29) is 28.5 Å². The van der Waals surface area contributed by atoms with E-state index in [4.69, 9.17) is 38.0 Å². The molecule has 59 heavy (non-hydrogen) atoms. The zero-order valence-electron chi connectivity index (χ0n) is 30.6. The zero-order valence-corrected chi connectivity index (χ0v) is 33.2. The summed E-state index contributed by atoms with van der Waals surface area (Å²) in [5.41, 5.74) is 7.99. The number of amides is 1. The molecule has 3 fully saturated rings. The Kier molecular flexibility index (Phi) is 11.6. The maximum atomic E-state index is 16.6. The average molecular weight is 879 g/mol. The van der Waals surface area contributed by atoms with Gasteiger partial charge in [0.15, 0.2) is 42.0 Å². The Morgan fingerprint density at radius 1 is 0.949 bits per heavy atom. The lowest BCUT2D eigenvalue weighted by Gasteiger charge is -2.31. The number of halogens is 2. The van der Waals surface area contributed by atoms with E-state index in [1.54, 1.807) is 36.4 Å². The van der Waals surface area contributed by atoms with Gasteiger partial charge in [-0.2, -0.15) is 0 Å². The number of aryl methyl sites for hydroxylation is 1. The number of rotatable bonds is 7. The van der Waals surface area contributed by atoms with Crippen molar-refractivity contribution in [2.45, 2.75) is 68.3 Å². The highest BCUT2D eigenvalue weighted by Gasteiger charge is 2.56. The normalized spacial score (nSPS) is 32.6. The number of esters is 1. The lowest BCUT2D eigenvalue weighted by atomic mass is 10.1. The quantitative estimate of drug-likeness (QED) is 0.112. The van der Waals surface area contributed by atoms with Gasteiger partial charge in [0.05, 0.1) is 31.5 Å². The molecule has 3 saturated heterocycles. The van der Waals surface area contributed by atoms with Gasteiger partial charge in [-0.25, -0.2) is 37.7 Å². The molecular weight excluding hydrogens is 844 g/mol. The number of anilines is 1. The summed E-state index contributed by atoms with van der Waals surface area (Å²) in [6.07, 6.45) is -11.2. The number of carbonyl (C=O) groups is 3. The zero-order chi connectivity index (χ0) is 41.6. The minimum Gasteiger partial charge on any atom is -0.423 e. The second kappa shape index (κ2) is 16.5. The van der Waals surface area contributed by atoms with Gasteiger partial charge in [0.25, 0.3) is 0 Å². The third-order valence-electron chi connectivity index (χ3n) is 9.61. The second-order valence-corrected chi connectivity index (χ2v) is 19.1. The fourth-order valence-electron chi connectivity index (χ4n) is 6.59. The summed E-state index contributed by atoms with van der Waals surface area (Å²) in [7, 11) is -5.27. The molecule has 0 radical (unpaired) electrons. The van der Waals surface area contributed by atoms with Crippen LogP contribution in [-0.4, -0.2) is 103 Å². The van der Waals surface area contributed by atoms with Crippen molar-refractivity contribution in [2.24, 2.45) is 0 Å². The number of nitrogens with zero attached hydrogens (tertiary/aromatic N) is 5. The van der Waals surface area contributed by atoms with Crippen molar-refractivity contribution in [1.29, 1.82) is 0 Å². The number of allylic oxidation sites excluding steroid dienone is 1. The van der Waals surface area contributed by atoms with Gasteiger partial charge in [-0.05, 0) is 54.2 Å². The van der Waals surface area contributed by atoms with Crippen LogP contribution in [-0.2, 0) is 52.0 Å². The van der Waals surface area contributed by atoms with Crippen LogP contribution >= 0.6 is 26.0 Å². The average Bonchev–Trinajstić information content (AvgIpc) is 3.86. The molecule has 6 heterocycles. The van der Waals surface area contributed by atoms with Crippen LogP contribution < -0.4 is 10.5 Å². The van der Waals surface area contributed by atoms with E-state index < -0.39 is 101 Å². The minimum atomic E-state index is -5.27. The largest absolute Gasteiger partial charge is 0.472 e. The third kappa shape index (κ3) is 8.74. The summed E-state index contributed by atoms with van der Waals surface area (Å²) >= 11 is 0.605. The molecule has 4 aromatic rings. The van der Waals surface area contributed by atoms with Crippen molar-refractivity contribution in [3.8, 4) is 5.75 Å². The Morgan fingerprint density at radius 2 is 1.63 bits per heavy atom. The number of imidazole rings is 1. The molecule has 8 rings (SSSR count). The van der Waals surface area contributed by atoms with Gasteiger partial charge in [0.1, 0.15) is 42.0 Å². The fraction of sp³-hybridized carbons (Fsp3) is 0.371. The number of phosphoric ester groups is 1. The van der Waals surface area contributed by atoms with Crippen molar-refractivity contribution in [3.05, 3.63) is 90.2 Å². The first-order chi connectivity index (χ1) is 28.2. The van der Waals surface area contributed by atoms with Crippen molar-refractivity contribution in [3.63, 3.8) is 0 Å². The van der Waals surface area contributed by atoms with E-state index in [9.17, 15) is 28.4 Å². The number of nitrogens with two attached hydrogens (primary N) is 1. The SMILES string of the molecule is Cc1ccc(C(=O)Oc2ccc(CS[P@]3(=O)OC[C@H]4O[C@@H](N5C=CC(=O)CC5=O)[C@H](OP(=O)(O)OC[C@H]5O[C@@H](n6cnc7c(N)ncnc76)[C@H](O3)[C@@H]5F)[C@@H]4F)cc2)cc1. The smallest absolute Gasteiger partial charge is 0.423 e. The summed E-state index contributed by atoms with van der Waals surface area (Å²) in [5, 5.41) is 0. The van der Waals surface area contributed by atoms with Gasteiger partial charge in [-0.3, -0.25) is 37.2 Å². The molecule has 0 aliphatic carbocycles. The van der Waals surface area contributed by atoms with Crippen LogP contribution in [0.3, 0.4) is 0 Å². The minimum absolute atomic E-state index is 0.0133. The van der Waals surface area contributed by atoms with E-state index in [1.807, 2.05) is 6.92 Å². The Labute approximate surface area is 337 Å². The van der Waals surface area contributed by atoms with Crippen LogP contribution in [0.5, 0.6) is 5.75 Å². The van der Waals surface area contributed by atoms with E-state index in [0.717, 1.165) is 29.1 Å². The standard InChI is InChI=1S/C35H34F2N6O13P2S/c1-18-2-6-20(7-3-18)35(46)52-22-8-4-19(5-9-22)15-59-58(49)51-14-24-26(36)29(33(53-24)42-11-10-21(44)12-25(42)45)55-57(47,48)50-13-23-27(37)30(56-58)34(54-23)43-17-41-28-31(38)39-16-40-32(28)43/h2-11,16-17,23-24,26-27,29-30,33-34H,12-15H2,1H3,(H,47,48)(H2,38,39,40)/t23-,24-,26-,27-,29-,30-,33-,34-,58-/m1/s1. The Bertz CT molecular complexity index is 2390. The molecule has 0 saturated carbocycles. The van der Waals surface area contributed by atoms with Gasteiger partial charge < -0.3 is 24.8 Å². The number of alkyl halides is 2. The predicted octanol–water partition coefficient (Wildman–Crippen LogP) is 4.51. The van der Waals surface area contributed by atoms with Gasteiger partial charge in [-0.1, -0.05) is 29.8 Å². The van der Waals surface area contributed by atoms with Crippen LogP contribution in [0.4, 0.5) is 14.6 Å². The number of ketones is 1. The van der Waals surface area contributed by atoms with Gasteiger partial charge in [0, 0.05) is 12.0 Å². The monoisotopic (exact) mass is 878 g/mol. The number of fused-ring (bicyclic) bond motifs is 5. The molecule has 1 unspecified atom stereocenters.